The zero-order valence-corrected chi connectivity index (χ0v) is 12.9. The topological polar surface area (TPSA) is 73.9 Å². The summed E-state index contributed by atoms with van der Waals surface area (Å²) in [6.45, 7) is 9.85. The maximum atomic E-state index is 13.5. The molecule has 6 heteroatoms. The van der Waals surface area contributed by atoms with Crippen LogP contribution < -0.4 is 11.1 Å². The highest BCUT2D eigenvalue weighted by atomic mass is 19.1. The molecule has 1 unspecified atom stereocenters. The fraction of sp³-hybridized carbons (Fsp3) is 0.533. The predicted molar refractivity (Wildman–Crippen MR) is 83.0 cm³/mol. The number of hydrogen-bond acceptors (Lipinski definition) is 4. The van der Waals surface area contributed by atoms with Crippen LogP contribution >= 0.6 is 0 Å². The molecule has 0 aliphatic rings. The Hall–Kier alpha value is -1.66. The van der Waals surface area contributed by atoms with Crippen molar-refractivity contribution in [2.24, 2.45) is 10.9 Å². The molecular formula is C15H25FN4O. The molecule has 0 spiro atoms. The molecule has 0 bridgehead atoms. The summed E-state index contributed by atoms with van der Waals surface area (Å²) in [5.74, 6) is -0.487. The first-order valence-corrected chi connectivity index (χ1v) is 7.23. The van der Waals surface area contributed by atoms with Gasteiger partial charge in [-0.05, 0) is 43.8 Å². The van der Waals surface area contributed by atoms with Crippen LogP contribution in [0.15, 0.2) is 23.4 Å². The number of nitrogens with one attached hydrogen (secondary N) is 1. The van der Waals surface area contributed by atoms with Crippen molar-refractivity contribution in [3.8, 4) is 0 Å². The van der Waals surface area contributed by atoms with E-state index in [9.17, 15) is 4.39 Å². The van der Waals surface area contributed by atoms with E-state index in [2.05, 4.69) is 36.1 Å². The lowest BCUT2D eigenvalue weighted by atomic mass is 10.1. The van der Waals surface area contributed by atoms with Gasteiger partial charge in [-0.15, -0.1) is 0 Å². The molecule has 0 aliphatic carbocycles. The van der Waals surface area contributed by atoms with Gasteiger partial charge < -0.3 is 21.2 Å². The van der Waals surface area contributed by atoms with E-state index in [4.69, 9.17) is 10.9 Å². The van der Waals surface area contributed by atoms with Crippen LogP contribution in [0, 0.1) is 5.82 Å². The molecule has 1 aromatic rings. The maximum absolute atomic E-state index is 13.5. The highest BCUT2D eigenvalue weighted by Gasteiger charge is 2.08. The minimum absolute atomic E-state index is 0.0908. The summed E-state index contributed by atoms with van der Waals surface area (Å²) < 4.78 is 13.5. The summed E-state index contributed by atoms with van der Waals surface area (Å²) >= 11 is 0. The molecule has 0 heterocycles. The lowest BCUT2D eigenvalue weighted by molar-refractivity contribution is 0.270. The van der Waals surface area contributed by atoms with E-state index in [1.165, 1.54) is 12.1 Å². The average molecular weight is 296 g/mol. The molecule has 0 amide bonds. The number of oxime groups is 1. The first-order valence-electron chi connectivity index (χ1n) is 7.23. The molecule has 0 fully saturated rings. The number of hydrogen-bond donors (Lipinski definition) is 3. The third-order valence-electron chi connectivity index (χ3n) is 3.44. The fourth-order valence-corrected chi connectivity index (χ4v) is 2.18. The van der Waals surface area contributed by atoms with Crippen molar-refractivity contribution in [1.29, 1.82) is 0 Å². The molecule has 0 saturated heterocycles. The molecule has 1 atom stereocenters. The summed E-state index contributed by atoms with van der Waals surface area (Å²) in [6.07, 6.45) is 0. The number of amidine groups is 1. The number of benzene rings is 1. The minimum Gasteiger partial charge on any atom is -0.409 e. The third-order valence-corrected chi connectivity index (χ3v) is 3.44. The smallest absolute Gasteiger partial charge is 0.170 e. The van der Waals surface area contributed by atoms with Gasteiger partial charge in [-0.2, -0.15) is 0 Å². The van der Waals surface area contributed by atoms with Crippen molar-refractivity contribution in [2.75, 3.05) is 19.6 Å². The van der Waals surface area contributed by atoms with Crippen LogP contribution in [-0.4, -0.2) is 41.6 Å². The van der Waals surface area contributed by atoms with Gasteiger partial charge in [-0.25, -0.2) is 4.39 Å². The standard InChI is InChI=1S/C15H25FN4O/c1-4-20(5-2)10-11(3)18-9-12-6-13(15(17)19-21)8-14(16)7-12/h6-8,11,18,21H,4-5,9-10H2,1-3H3,(H2,17,19). The summed E-state index contributed by atoms with van der Waals surface area (Å²) in [5, 5.41) is 14.9. The number of nitrogens with zero attached hydrogens (tertiary/aromatic N) is 2. The Bertz CT molecular complexity index is 475. The largest absolute Gasteiger partial charge is 0.409 e. The van der Waals surface area contributed by atoms with Crippen LogP contribution in [0.2, 0.25) is 0 Å². The molecule has 0 saturated carbocycles. The first kappa shape index (κ1) is 17.4. The summed E-state index contributed by atoms with van der Waals surface area (Å²) in [5.41, 5.74) is 6.64. The Morgan fingerprint density at radius 2 is 2.05 bits per heavy atom. The molecule has 4 N–H and O–H groups in total. The van der Waals surface area contributed by atoms with E-state index < -0.39 is 5.82 Å². The molecular weight excluding hydrogens is 271 g/mol. The number of rotatable bonds is 8. The Labute approximate surface area is 125 Å². The minimum atomic E-state index is -0.396. The van der Waals surface area contributed by atoms with E-state index in [0.717, 1.165) is 25.2 Å². The SMILES string of the molecule is CCN(CC)CC(C)NCc1cc(F)cc(/C(N)=N/O)c1. The maximum Gasteiger partial charge on any atom is 0.170 e. The van der Waals surface area contributed by atoms with Gasteiger partial charge in [0, 0.05) is 24.7 Å². The lowest BCUT2D eigenvalue weighted by Crippen LogP contribution is -2.38. The van der Waals surface area contributed by atoms with Crippen molar-refractivity contribution >= 4 is 5.84 Å². The van der Waals surface area contributed by atoms with Crippen molar-refractivity contribution in [1.82, 2.24) is 10.2 Å². The van der Waals surface area contributed by atoms with E-state index in [1.807, 2.05) is 0 Å². The van der Waals surface area contributed by atoms with Crippen molar-refractivity contribution in [2.45, 2.75) is 33.4 Å². The van der Waals surface area contributed by atoms with Crippen LogP contribution in [0.1, 0.15) is 31.9 Å². The van der Waals surface area contributed by atoms with Crippen LogP contribution in [0.5, 0.6) is 0 Å². The van der Waals surface area contributed by atoms with E-state index >= 15 is 0 Å². The first-order chi connectivity index (χ1) is 9.99. The Morgan fingerprint density at radius 1 is 1.38 bits per heavy atom. The molecule has 1 aromatic carbocycles. The van der Waals surface area contributed by atoms with Gasteiger partial charge in [0.2, 0.25) is 0 Å². The zero-order chi connectivity index (χ0) is 15.8. The van der Waals surface area contributed by atoms with Crippen molar-refractivity contribution in [3.63, 3.8) is 0 Å². The Balaban J connectivity index is 2.65. The summed E-state index contributed by atoms with van der Waals surface area (Å²) in [7, 11) is 0. The quantitative estimate of drug-likeness (QED) is 0.296. The zero-order valence-electron chi connectivity index (χ0n) is 12.9. The van der Waals surface area contributed by atoms with Gasteiger partial charge in [-0.3, -0.25) is 0 Å². The number of nitrogens with two attached hydrogens (primary N) is 1. The number of likely N-dealkylation sites (N-methyl/N-ethyl adjacent to an activating group) is 1. The number of halogens is 1. The van der Waals surface area contributed by atoms with Gasteiger partial charge in [0.15, 0.2) is 5.84 Å². The Kier molecular flexibility index (Phi) is 7.11. The van der Waals surface area contributed by atoms with E-state index in [-0.39, 0.29) is 5.84 Å². The van der Waals surface area contributed by atoms with E-state index in [0.29, 0.717) is 18.2 Å². The van der Waals surface area contributed by atoms with Crippen molar-refractivity contribution in [3.05, 3.63) is 35.1 Å². The monoisotopic (exact) mass is 296 g/mol. The fourth-order valence-electron chi connectivity index (χ4n) is 2.18. The predicted octanol–water partition coefficient (Wildman–Crippen LogP) is 1.74. The Morgan fingerprint density at radius 3 is 2.62 bits per heavy atom. The molecule has 0 aromatic heterocycles. The van der Waals surface area contributed by atoms with Gasteiger partial charge in [-0.1, -0.05) is 19.0 Å². The molecule has 0 radical (unpaired) electrons. The molecule has 5 nitrogen and oxygen atoms in total. The van der Waals surface area contributed by atoms with Crippen LogP contribution in [-0.2, 0) is 6.54 Å². The second-order valence-corrected chi connectivity index (χ2v) is 5.10. The van der Waals surface area contributed by atoms with Crippen molar-refractivity contribution < 1.29 is 9.60 Å². The summed E-state index contributed by atoms with van der Waals surface area (Å²) in [4.78, 5) is 2.32. The molecule has 1 rings (SSSR count). The highest BCUT2D eigenvalue weighted by Crippen LogP contribution is 2.09. The van der Waals surface area contributed by atoms with E-state index in [1.54, 1.807) is 6.07 Å². The second-order valence-electron chi connectivity index (χ2n) is 5.10. The van der Waals surface area contributed by atoms with Gasteiger partial charge in [0.1, 0.15) is 5.82 Å². The average Bonchev–Trinajstić information content (AvgIpc) is 2.49. The second kappa shape index (κ2) is 8.59. The van der Waals surface area contributed by atoms with Gasteiger partial charge in [0.05, 0.1) is 0 Å². The van der Waals surface area contributed by atoms with Gasteiger partial charge >= 0.3 is 0 Å². The van der Waals surface area contributed by atoms with Crippen LogP contribution in [0.25, 0.3) is 0 Å². The summed E-state index contributed by atoms with van der Waals surface area (Å²) in [6, 6.07) is 4.71. The van der Waals surface area contributed by atoms with Crippen LogP contribution in [0.3, 0.4) is 0 Å². The normalized spacial score (nSPS) is 13.7. The molecule has 118 valence electrons. The molecule has 0 aliphatic heterocycles. The van der Waals surface area contributed by atoms with Crippen LogP contribution in [0.4, 0.5) is 4.39 Å². The lowest BCUT2D eigenvalue weighted by Gasteiger charge is -2.23. The highest BCUT2D eigenvalue weighted by molar-refractivity contribution is 5.97. The van der Waals surface area contributed by atoms with Gasteiger partial charge in [0.25, 0.3) is 0 Å². The third kappa shape index (κ3) is 5.69. The molecule has 21 heavy (non-hydrogen) atoms.